The molecule has 1 atom stereocenters. The van der Waals surface area contributed by atoms with E-state index in [-0.39, 0.29) is 29.2 Å². The van der Waals surface area contributed by atoms with Gasteiger partial charge >= 0.3 is 0 Å². The van der Waals surface area contributed by atoms with Crippen LogP contribution in [0, 0.1) is 0 Å². The molecule has 0 aliphatic heterocycles. The van der Waals surface area contributed by atoms with Crippen LogP contribution in [-0.2, 0) is 14.8 Å². The number of benzene rings is 3. The Labute approximate surface area is 186 Å². The number of rotatable bonds is 7. The molecule has 0 bridgehead atoms. The molecule has 3 aromatic rings. The lowest BCUT2D eigenvalue weighted by Gasteiger charge is -2.13. The number of ether oxygens (including phenoxy) is 1. The van der Waals surface area contributed by atoms with Crippen LogP contribution in [0.2, 0.25) is 0 Å². The van der Waals surface area contributed by atoms with E-state index in [4.69, 9.17) is 4.74 Å². The van der Waals surface area contributed by atoms with E-state index >= 15 is 0 Å². The van der Waals surface area contributed by atoms with E-state index in [1.807, 2.05) is 18.2 Å². The summed E-state index contributed by atoms with van der Waals surface area (Å²) < 4.78 is 32.3. The number of methoxy groups -OCH3 is 1. The molecule has 7 nitrogen and oxygen atoms in total. The summed E-state index contributed by atoms with van der Waals surface area (Å²) >= 11 is 0. The van der Waals surface area contributed by atoms with Gasteiger partial charge in [0.25, 0.3) is 5.91 Å². The first-order valence-electron chi connectivity index (χ1n) is 10.0. The fourth-order valence-corrected chi connectivity index (χ4v) is 4.94. The molecule has 0 aromatic heterocycles. The fourth-order valence-electron chi connectivity index (χ4n) is 3.71. The van der Waals surface area contributed by atoms with Crippen LogP contribution >= 0.6 is 0 Å². The van der Waals surface area contributed by atoms with Crippen molar-refractivity contribution in [3.05, 3.63) is 83.4 Å². The zero-order valence-electron chi connectivity index (χ0n) is 17.6. The molecule has 1 aliphatic rings. The molecule has 1 aliphatic carbocycles. The number of ketones is 1. The summed E-state index contributed by atoms with van der Waals surface area (Å²) in [5, 5.41) is 2.74. The standard InChI is InChI=1S/C24H22N2O5S/c1-15(14-31-2)26-32(29,30)18-10-8-17(9-11-18)25-24(28)16-7-12-20-19-5-3-4-6-21(19)23(27)22(20)13-16/h3-13,15,26H,14H2,1-2H3,(H,25,28)/t15-/m0/s1. The van der Waals surface area contributed by atoms with E-state index in [0.717, 1.165) is 11.1 Å². The number of carbonyl (C=O) groups is 2. The second-order valence-electron chi connectivity index (χ2n) is 7.59. The highest BCUT2D eigenvalue weighted by Crippen LogP contribution is 2.36. The van der Waals surface area contributed by atoms with Gasteiger partial charge < -0.3 is 10.1 Å². The normalized spacial score (nSPS) is 13.4. The summed E-state index contributed by atoms with van der Waals surface area (Å²) in [5.74, 6) is -0.492. The van der Waals surface area contributed by atoms with Crippen molar-refractivity contribution in [1.29, 1.82) is 0 Å². The molecular formula is C24H22N2O5S. The Balaban J connectivity index is 1.49. The fraction of sp³-hybridized carbons (Fsp3) is 0.167. The van der Waals surface area contributed by atoms with Gasteiger partial charge in [0.15, 0.2) is 5.78 Å². The number of fused-ring (bicyclic) bond motifs is 3. The molecule has 0 spiro atoms. The number of carbonyl (C=O) groups excluding carboxylic acids is 2. The molecule has 0 saturated carbocycles. The molecular weight excluding hydrogens is 428 g/mol. The molecule has 4 rings (SSSR count). The van der Waals surface area contributed by atoms with Crippen LogP contribution in [0.25, 0.3) is 11.1 Å². The lowest BCUT2D eigenvalue weighted by atomic mass is 10.0. The van der Waals surface area contributed by atoms with E-state index in [0.29, 0.717) is 22.4 Å². The summed E-state index contributed by atoms with van der Waals surface area (Å²) in [7, 11) is -2.20. The highest BCUT2D eigenvalue weighted by molar-refractivity contribution is 7.89. The van der Waals surface area contributed by atoms with Crippen molar-refractivity contribution < 1.29 is 22.7 Å². The summed E-state index contributed by atoms with van der Waals surface area (Å²) in [4.78, 5) is 25.5. The van der Waals surface area contributed by atoms with Crippen molar-refractivity contribution in [3.63, 3.8) is 0 Å². The SMILES string of the molecule is COC[C@H](C)NS(=O)(=O)c1ccc(NC(=O)c2ccc3c(c2)C(=O)c2ccccc2-3)cc1. The van der Waals surface area contributed by atoms with Crippen LogP contribution in [0.1, 0.15) is 33.2 Å². The molecule has 32 heavy (non-hydrogen) atoms. The van der Waals surface area contributed by atoms with Crippen molar-refractivity contribution in [1.82, 2.24) is 4.72 Å². The molecule has 0 fully saturated rings. The van der Waals surface area contributed by atoms with Gasteiger partial charge in [0.1, 0.15) is 0 Å². The van der Waals surface area contributed by atoms with E-state index in [2.05, 4.69) is 10.0 Å². The first-order valence-corrected chi connectivity index (χ1v) is 11.5. The van der Waals surface area contributed by atoms with Crippen LogP contribution in [-0.4, -0.2) is 39.9 Å². The average molecular weight is 451 g/mol. The van der Waals surface area contributed by atoms with Gasteiger partial charge in [-0.2, -0.15) is 0 Å². The molecule has 0 unspecified atom stereocenters. The van der Waals surface area contributed by atoms with E-state index in [9.17, 15) is 18.0 Å². The number of nitrogens with one attached hydrogen (secondary N) is 2. The first-order chi connectivity index (χ1) is 15.3. The van der Waals surface area contributed by atoms with Gasteiger partial charge in [-0.3, -0.25) is 9.59 Å². The summed E-state index contributed by atoms with van der Waals surface area (Å²) in [5.41, 5.74) is 3.59. The zero-order valence-corrected chi connectivity index (χ0v) is 18.4. The quantitative estimate of drug-likeness (QED) is 0.449. The summed E-state index contributed by atoms with van der Waals surface area (Å²) in [6.45, 7) is 1.96. The largest absolute Gasteiger partial charge is 0.383 e. The maximum atomic E-state index is 12.7. The van der Waals surface area contributed by atoms with Crippen LogP contribution in [0.15, 0.2) is 71.6 Å². The Kier molecular flexibility index (Phi) is 5.92. The molecule has 8 heteroatoms. The smallest absolute Gasteiger partial charge is 0.255 e. The molecule has 0 saturated heterocycles. The van der Waals surface area contributed by atoms with E-state index in [1.165, 1.54) is 31.4 Å². The lowest BCUT2D eigenvalue weighted by Crippen LogP contribution is -2.35. The van der Waals surface area contributed by atoms with Gasteiger partial charge in [0.05, 0.1) is 11.5 Å². The van der Waals surface area contributed by atoms with Crippen LogP contribution in [0.4, 0.5) is 5.69 Å². The van der Waals surface area contributed by atoms with Gasteiger partial charge in [-0.05, 0) is 54.4 Å². The Hall–Kier alpha value is -3.33. The van der Waals surface area contributed by atoms with Crippen LogP contribution in [0.5, 0.6) is 0 Å². The highest BCUT2D eigenvalue weighted by Gasteiger charge is 2.27. The number of sulfonamides is 1. The Morgan fingerprint density at radius 1 is 0.938 bits per heavy atom. The van der Waals surface area contributed by atoms with Crippen molar-refractivity contribution in [2.45, 2.75) is 17.9 Å². The Morgan fingerprint density at radius 2 is 1.59 bits per heavy atom. The molecule has 0 radical (unpaired) electrons. The van der Waals surface area contributed by atoms with Gasteiger partial charge in [0.2, 0.25) is 10.0 Å². The first kappa shape index (κ1) is 21.9. The Morgan fingerprint density at radius 3 is 2.28 bits per heavy atom. The lowest BCUT2D eigenvalue weighted by molar-refractivity contribution is 0.102. The van der Waals surface area contributed by atoms with E-state index in [1.54, 1.807) is 31.2 Å². The van der Waals surface area contributed by atoms with Crippen molar-refractivity contribution >= 4 is 27.4 Å². The molecule has 0 heterocycles. The third-order valence-electron chi connectivity index (χ3n) is 5.18. The average Bonchev–Trinajstić information content (AvgIpc) is 3.06. The predicted molar refractivity (Wildman–Crippen MR) is 121 cm³/mol. The van der Waals surface area contributed by atoms with Crippen LogP contribution in [0.3, 0.4) is 0 Å². The second-order valence-corrected chi connectivity index (χ2v) is 9.31. The van der Waals surface area contributed by atoms with Gasteiger partial charge in [-0.1, -0.05) is 30.3 Å². The second kappa shape index (κ2) is 8.66. The van der Waals surface area contributed by atoms with Gasteiger partial charge in [-0.15, -0.1) is 0 Å². The molecule has 164 valence electrons. The van der Waals surface area contributed by atoms with E-state index < -0.39 is 10.0 Å². The molecule has 1 amide bonds. The molecule has 2 N–H and O–H groups in total. The maximum Gasteiger partial charge on any atom is 0.255 e. The zero-order chi connectivity index (χ0) is 22.9. The molecule has 3 aromatic carbocycles. The number of anilines is 1. The van der Waals surface area contributed by atoms with Crippen molar-refractivity contribution in [2.24, 2.45) is 0 Å². The third-order valence-corrected chi connectivity index (χ3v) is 6.79. The van der Waals surface area contributed by atoms with Crippen molar-refractivity contribution in [2.75, 3.05) is 19.0 Å². The minimum Gasteiger partial charge on any atom is -0.383 e. The number of amides is 1. The highest BCUT2D eigenvalue weighted by atomic mass is 32.2. The minimum atomic E-state index is -3.70. The minimum absolute atomic E-state index is 0.0827. The maximum absolute atomic E-state index is 12.7. The Bertz CT molecular complexity index is 1300. The topological polar surface area (TPSA) is 102 Å². The van der Waals surface area contributed by atoms with Crippen molar-refractivity contribution in [3.8, 4) is 11.1 Å². The summed E-state index contributed by atoms with van der Waals surface area (Å²) in [6, 6.07) is 17.9. The van der Waals surface area contributed by atoms with Gasteiger partial charge in [-0.25, -0.2) is 13.1 Å². The number of hydrogen-bond acceptors (Lipinski definition) is 5. The number of hydrogen-bond donors (Lipinski definition) is 2. The monoisotopic (exact) mass is 450 g/mol. The van der Waals surface area contributed by atoms with Crippen LogP contribution < -0.4 is 10.0 Å². The summed E-state index contributed by atoms with van der Waals surface area (Å²) in [6.07, 6.45) is 0. The predicted octanol–water partition coefficient (Wildman–Crippen LogP) is 3.46. The van der Waals surface area contributed by atoms with Gasteiger partial charge in [0, 0.05) is 35.5 Å². The third kappa shape index (κ3) is 4.20.